The first-order valence-electron chi connectivity index (χ1n) is 6.62. The van der Waals surface area contributed by atoms with Gasteiger partial charge in [0.1, 0.15) is 6.07 Å². The van der Waals surface area contributed by atoms with E-state index in [9.17, 15) is 4.79 Å². The standard InChI is InChI=1S/C14H16N6O2/c1-22-14(21)8-2-5-10(18-9-3-4-9)11(6-8)19-20-12(7-15)13(16)17/h2,5-6,9,18-19H,3-4H2,1H3,(H3,16,17)/b20-12+. The van der Waals surface area contributed by atoms with Crippen LogP contribution >= 0.6 is 0 Å². The lowest BCUT2D eigenvalue weighted by Crippen LogP contribution is -2.22. The van der Waals surface area contributed by atoms with Gasteiger partial charge in [0.2, 0.25) is 5.71 Å². The van der Waals surface area contributed by atoms with Crippen molar-refractivity contribution < 1.29 is 9.53 Å². The van der Waals surface area contributed by atoms with E-state index in [0.717, 1.165) is 18.5 Å². The summed E-state index contributed by atoms with van der Waals surface area (Å²) >= 11 is 0. The maximum atomic E-state index is 11.6. The summed E-state index contributed by atoms with van der Waals surface area (Å²) in [5.41, 5.74) is 9.28. The number of nitrogens with zero attached hydrogens (tertiary/aromatic N) is 2. The Kier molecular flexibility index (Phi) is 4.58. The topological polar surface area (TPSA) is 136 Å². The first-order chi connectivity index (χ1) is 10.5. The number of esters is 1. The number of carbonyl (C=O) groups excluding carboxylic acids is 1. The molecule has 0 atom stereocenters. The molecule has 8 nitrogen and oxygen atoms in total. The normalized spacial score (nSPS) is 13.9. The lowest BCUT2D eigenvalue weighted by atomic mass is 10.1. The van der Waals surface area contributed by atoms with Crippen molar-refractivity contribution in [2.75, 3.05) is 17.9 Å². The van der Waals surface area contributed by atoms with Crippen molar-refractivity contribution in [1.29, 1.82) is 10.7 Å². The van der Waals surface area contributed by atoms with Crippen LogP contribution in [0.5, 0.6) is 0 Å². The number of carbonyl (C=O) groups is 1. The van der Waals surface area contributed by atoms with Crippen LogP contribution in [0.15, 0.2) is 23.3 Å². The highest BCUT2D eigenvalue weighted by Crippen LogP contribution is 2.30. The van der Waals surface area contributed by atoms with Gasteiger partial charge in [0.15, 0.2) is 5.84 Å². The van der Waals surface area contributed by atoms with Crippen LogP contribution in [0.1, 0.15) is 23.2 Å². The Morgan fingerprint density at radius 3 is 2.77 bits per heavy atom. The van der Waals surface area contributed by atoms with Crippen molar-refractivity contribution in [2.24, 2.45) is 10.8 Å². The van der Waals surface area contributed by atoms with Crippen molar-refractivity contribution in [3.05, 3.63) is 23.8 Å². The fourth-order valence-electron chi connectivity index (χ4n) is 1.72. The van der Waals surface area contributed by atoms with E-state index in [0.29, 0.717) is 17.3 Å². The molecule has 0 aliphatic heterocycles. The second-order valence-corrected chi connectivity index (χ2v) is 4.77. The molecule has 0 bridgehead atoms. The molecule has 0 radical (unpaired) electrons. The van der Waals surface area contributed by atoms with Crippen LogP contribution in [0.3, 0.4) is 0 Å². The summed E-state index contributed by atoms with van der Waals surface area (Å²) in [5, 5.41) is 23.2. The second-order valence-electron chi connectivity index (χ2n) is 4.77. The van der Waals surface area contributed by atoms with Gasteiger partial charge in [-0.3, -0.25) is 10.8 Å². The van der Waals surface area contributed by atoms with Crippen LogP contribution in [-0.2, 0) is 4.74 Å². The molecule has 114 valence electrons. The molecule has 0 spiro atoms. The molecule has 1 aromatic rings. The molecule has 1 fully saturated rings. The Morgan fingerprint density at radius 2 is 2.23 bits per heavy atom. The highest BCUT2D eigenvalue weighted by Gasteiger charge is 2.22. The number of rotatable bonds is 6. The summed E-state index contributed by atoms with van der Waals surface area (Å²) in [6, 6.07) is 7.06. The maximum absolute atomic E-state index is 11.6. The van der Waals surface area contributed by atoms with Crippen molar-refractivity contribution >= 4 is 28.9 Å². The molecule has 0 heterocycles. The summed E-state index contributed by atoms with van der Waals surface area (Å²) in [7, 11) is 1.30. The quantitative estimate of drug-likeness (QED) is 0.270. The Balaban J connectivity index is 2.29. The SMILES string of the molecule is COC(=O)c1ccc(NC2CC2)c(N/N=C(\C#N)C(=N)N)c1. The number of nitriles is 1. The predicted molar refractivity (Wildman–Crippen MR) is 83.0 cm³/mol. The summed E-state index contributed by atoms with van der Waals surface area (Å²) < 4.78 is 4.68. The zero-order valence-electron chi connectivity index (χ0n) is 12.0. The lowest BCUT2D eigenvalue weighted by molar-refractivity contribution is 0.0601. The van der Waals surface area contributed by atoms with E-state index >= 15 is 0 Å². The fraction of sp³-hybridized carbons (Fsp3) is 0.286. The van der Waals surface area contributed by atoms with Crippen LogP contribution in [-0.4, -0.2) is 30.7 Å². The zero-order chi connectivity index (χ0) is 16.1. The van der Waals surface area contributed by atoms with E-state index < -0.39 is 11.8 Å². The van der Waals surface area contributed by atoms with Gasteiger partial charge in [-0.2, -0.15) is 10.4 Å². The number of anilines is 2. The van der Waals surface area contributed by atoms with E-state index in [2.05, 4.69) is 20.6 Å². The van der Waals surface area contributed by atoms with Crippen LogP contribution in [0.4, 0.5) is 11.4 Å². The molecule has 0 unspecified atom stereocenters. The van der Waals surface area contributed by atoms with Crippen molar-refractivity contribution in [2.45, 2.75) is 18.9 Å². The van der Waals surface area contributed by atoms with Gasteiger partial charge < -0.3 is 15.8 Å². The molecule has 1 aliphatic carbocycles. The lowest BCUT2D eigenvalue weighted by Gasteiger charge is -2.12. The van der Waals surface area contributed by atoms with E-state index in [4.69, 9.17) is 16.4 Å². The Labute approximate surface area is 127 Å². The van der Waals surface area contributed by atoms with Gasteiger partial charge in [0, 0.05) is 6.04 Å². The van der Waals surface area contributed by atoms with Gasteiger partial charge >= 0.3 is 5.97 Å². The number of nitrogens with one attached hydrogen (secondary N) is 3. The molecule has 0 amide bonds. The number of hydrogen-bond donors (Lipinski definition) is 4. The third-order valence-electron chi connectivity index (χ3n) is 3.03. The molecular formula is C14H16N6O2. The van der Waals surface area contributed by atoms with E-state index in [1.165, 1.54) is 7.11 Å². The van der Waals surface area contributed by atoms with Gasteiger partial charge in [0.25, 0.3) is 0 Å². The van der Waals surface area contributed by atoms with E-state index in [-0.39, 0.29) is 5.71 Å². The fourth-order valence-corrected chi connectivity index (χ4v) is 1.72. The average Bonchev–Trinajstić information content (AvgIpc) is 3.32. The highest BCUT2D eigenvalue weighted by atomic mass is 16.5. The van der Waals surface area contributed by atoms with Gasteiger partial charge in [-0.05, 0) is 31.0 Å². The summed E-state index contributed by atoms with van der Waals surface area (Å²) in [5.74, 6) is -0.909. The monoisotopic (exact) mass is 300 g/mol. The van der Waals surface area contributed by atoms with Gasteiger partial charge in [-0.1, -0.05) is 0 Å². The molecule has 2 rings (SSSR count). The number of ether oxygens (including phenoxy) is 1. The van der Waals surface area contributed by atoms with Crippen LogP contribution < -0.4 is 16.5 Å². The Hall–Kier alpha value is -3.08. The third-order valence-corrected chi connectivity index (χ3v) is 3.03. The third kappa shape index (κ3) is 3.73. The molecule has 0 saturated heterocycles. The number of hydrazone groups is 1. The van der Waals surface area contributed by atoms with Crippen molar-refractivity contribution in [3.63, 3.8) is 0 Å². The summed E-state index contributed by atoms with van der Waals surface area (Å²) in [4.78, 5) is 11.6. The van der Waals surface area contributed by atoms with Crippen molar-refractivity contribution in [3.8, 4) is 6.07 Å². The van der Waals surface area contributed by atoms with Crippen LogP contribution in [0, 0.1) is 16.7 Å². The molecule has 1 aromatic carbocycles. The number of benzene rings is 1. The minimum atomic E-state index is -0.475. The minimum absolute atomic E-state index is 0.235. The smallest absolute Gasteiger partial charge is 0.337 e. The molecule has 1 aliphatic rings. The van der Waals surface area contributed by atoms with Gasteiger partial charge in [0.05, 0.1) is 24.0 Å². The van der Waals surface area contributed by atoms with Gasteiger partial charge in [-0.15, -0.1) is 0 Å². The predicted octanol–water partition coefficient (Wildman–Crippen LogP) is 1.27. The molecule has 22 heavy (non-hydrogen) atoms. The molecular weight excluding hydrogens is 284 g/mol. The highest BCUT2D eigenvalue weighted by molar-refractivity contribution is 6.45. The largest absolute Gasteiger partial charge is 0.465 e. The van der Waals surface area contributed by atoms with Crippen molar-refractivity contribution in [1.82, 2.24) is 0 Å². The first kappa shape index (κ1) is 15.3. The maximum Gasteiger partial charge on any atom is 0.337 e. The second kappa shape index (κ2) is 6.58. The number of amidine groups is 1. The number of hydrogen-bond acceptors (Lipinski definition) is 7. The summed E-state index contributed by atoms with van der Waals surface area (Å²) in [6.45, 7) is 0. The van der Waals surface area contributed by atoms with E-state index in [1.807, 2.05) is 0 Å². The van der Waals surface area contributed by atoms with Crippen LogP contribution in [0.25, 0.3) is 0 Å². The van der Waals surface area contributed by atoms with Crippen LogP contribution in [0.2, 0.25) is 0 Å². The average molecular weight is 300 g/mol. The molecule has 5 N–H and O–H groups in total. The molecule has 0 aromatic heterocycles. The minimum Gasteiger partial charge on any atom is -0.465 e. The number of methoxy groups -OCH3 is 1. The molecule has 8 heteroatoms. The Morgan fingerprint density at radius 1 is 1.50 bits per heavy atom. The summed E-state index contributed by atoms with van der Waals surface area (Å²) in [6.07, 6.45) is 2.16. The van der Waals surface area contributed by atoms with E-state index in [1.54, 1.807) is 24.3 Å². The first-order valence-corrected chi connectivity index (χ1v) is 6.62. The zero-order valence-corrected chi connectivity index (χ0v) is 12.0. The Bertz CT molecular complexity index is 672. The van der Waals surface area contributed by atoms with Gasteiger partial charge in [-0.25, -0.2) is 4.79 Å². The number of nitrogens with two attached hydrogens (primary N) is 1. The molecule has 1 saturated carbocycles.